The first-order chi connectivity index (χ1) is 12.2. The number of carbonyl (C=O) groups excluding carboxylic acids is 1. The van der Waals surface area contributed by atoms with Gasteiger partial charge in [-0.05, 0) is 49.6 Å². The van der Waals surface area contributed by atoms with Gasteiger partial charge in [-0.2, -0.15) is 5.10 Å². The van der Waals surface area contributed by atoms with Gasteiger partial charge in [0, 0.05) is 4.47 Å². The molecule has 0 atom stereocenters. The van der Waals surface area contributed by atoms with E-state index in [2.05, 4.69) is 31.2 Å². The third-order valence-electron chi connectivity index (χ3n) is 3.57. The highest BCUT2D eigenvalue weighted by Crippen LogP contribution is 2.21. The van der Waals surface area contributed by atoms with Crippen LogP contribution >= 0.6 is 15.9 Å². The molecule has 8 heteroatoms. The third kappa shape index (κ3) is 5.48. The van der Waals surface area contributed by atoms with Crippen molar-refractivity contribution in [1.82, 2.24) is 10.1 Å². The fourth-order valence-corrected chi connectivity index (χ4v) is 4.29. The highest BCUT2D eigenvalue weighted by atomic mass is 79.9. The van der Waals surface area contributed by atoms with Crippen LogP contribution < -0.4 is 10.1 Å². The summed E-state index contributed by atoms with van der Waals surface area (Å²) >= 11 is 3.33. The lowest BCUT2D eigenvalue weighted by Gasteiger charge is -2.12. The fraction of sp³-hybridized carbons (Fsp3) is 0.222. The number of benzene rings is 2. The van der Waals surface area contributed by atoms with Crippen LogP contribution in [0.3, 0.4) is 0 Å². The molecule has 2 N–H and O–H groups in total. The lowest BCUT2D eigenvalue weighted by Crippen LogP contribution is -2.35. The van der Waals surface area contributed by atoms with E-state index in [1.807, 2.05) is 31.2 Å². The van der Waals surface area contributed by atoms with E-state index in [1.54, 1.807) is 26.0 Å². The first-order valence-corrected chi connectivity index (χ1v) is 10.1. The van der Waals surface area contributed by atoms with Crippen molar-refractivity contribution < 1.29 is 13.2 Å². The van der Waals surface area contributed by atoms with Gasteiger partial charge in [0.2, 0.25) is 10.0 Å². The van der Waals surface area contributed by atoms with Crippen molar-refractivity contribution in [2.45, 2.75) is 25.7 Å². The highest BCUT2D eigenvalue weighted by molar-refractivity contribution is 9.10. The molecule has 2 aromatic carbocycles. The molecule has 0 unspecified atom stereocenters. The minimum absolute atomic E-state index is 0.203. The maximum Gasteiger partial charge on any atom is 0.255 e. The van der Waals surface area contributed by atoms with Crippen LogP contribution in [0.4, 0.5) is 0 Å². The van der Waals surface area contributed by atoms with Gasteiger partial charge in [0.25, 0.3) is 5.91 Å². The molecule has 138 valence electrons. The lowest BCUT2D eigenvalue weighted by molar-refractivity contribution is -0.119. The molecule has 0 saturated carbocycles. The van der Waals surface area contributed by atoms with E-state index >= 15 is 0 Å². The van der Waals surface area contributed by atoms with Gasteiger partial charge in [-0.15, -0.1) is 0 Å². The molecule has 0 bridgehead atoms. The minimum atomic E-state index is -3.78. The van der Waals surface area contributed by atoms with Crippen LogP contribution in [0, 0.1) is 20.8 Å². The van der Waals surface area contributed by atoms with E-state index in [4.69, 9.17) is 0 Å². The Balaban J connectivity index is 1.97. The van der Waals surface area contributed by atoms with Gasteiger partial charge in [-0.1, -0.05) is 45.8 Å². The number of rotatable bonds is 6. The van der Waals surface area contributed by atoms with Crippen molar-refractivity contribution in [2.24, 2.45) is 5.10 Å². The Bertz CT molecular complexity index is 916. The number of hydrogen-bond acceptors (Lipinski definition) is 4. The summed E-state index contributed by atoms with van der Waals surface area (Å²) in [6.45, 7) is 4.97. The number of hydrazone groups is 1. The van der Waals surface area contributed by atoms with Gasteiger partial charge in [0.05, 0.1) is 17.7 Å². The predicted molar refractivity (Wildman–Crippen MR) is 106 cm³/mol. The molecule has 0 aliphatic rings. The molecule has 0 radical (unpaired) electrons. The molecule has 2 aromatic rings. The summed E-state index contributed by atoms with van der Waals surface area (Å²) in [6, 6.07) is 10.9. The van der Waals surface area contributed by atoms with Crippen molar-refractivity contribution in [2.75, 3.05) is 6.54 Å². The van der Waals surface area contributed by atoms with Crippen LogP contribution in [0.5, 0.6) is 0 Å². The first kappa shape index (κ1) is 20.3. The van der Waals surface area contributed by atoms with E-state index in [-0.39, 0.29) is 4.90 Å². The Morgan fingerprint density at radius 1 is 1.12 bits per heavy atom. The summed E-state index contributed by atoms with van der Waals surface area (Å²) < 4.78 is 28.2. The zero-order valence-corrected chi connectivity index (χ0v) is 17.1. The number of sulfonamides is 1. The largest absolute Gasteiger partial charge is 0.272 e. The average molecular weight is 438 g/mol. The Kier molecular flexibility index (Phi) is 6.69. The fourth-order valence-electron chi connectivity index (χ4n) is 2.59. The van der Waals surface area contributed by atoms with Gasteiger partial charge >= 0.3 is 0 Å². The third-order valence-corrected chi connectivity index (χ3v) is 5.80. The lowest BCUT2D eigenvalue weighted by atomic mass is 10.1. The van der Waals surface area contributed by atoms with Crippen molar-refractivity contribution in [3.63, 3.8) is 0 Å². The SMILES string of the molecule is Cc1cc(C)c(S(=O)(=O)NCC(=O)N/N=C\c2ccc(Br)cc2)c(C)c1. The summed E-state index contributed by atoms with van der Waals surface area (Å²) in [4.78, 5) is 12.0. The van der Waals surface area contributed by atoms with E-state index in [9.17, 15) is 13.2 Å². The van der Waals surface area contributed by atoms with E-state index in [0.717, 1.165) is 15.6 Å². The summed E-state index contributed by atoms with van der Waals surface area (Å²) in [5.41, 5.74) is 5.38. The van der Waals surface area contributed by atoms with Crippen LogP contribution in [0.1, 0.15) is 22.3 Å². The molecule has 0 heterocycles. The van der Waals surface area contributed by atoms with Crippen molar-refractivity contribution in [3.8, 4) is 0 Å². The number of aryl methyl sites for hydroxylation is 3. The molecule has 6 nitrogen and oxygen atoms in total. The summed E-state index contributed by atoms with van der Waals surface area (Å²) in [7, 11) is -3.78. The molecular formula is C18H20BrN3O3S. The number of nitrogens with zero attached hydrogens (tertiary/aromatic N) is 1. The number of carbonyl (C=O) groups is 1. The van der Waals surface area contributed by atoms with Crippen molar-refractivity contribution >= 4 is 38.1 Å². The second-order valence-corrected chi connectivity index (χ2v) is 8.52. The highest BCUT2D eigenvalue weighted by Gasteiger charge is 2.20. The van der Waals surface area contributed by atoms with Gasteiger partial charge in [-0.25, -0.2) is 18.6 Å². The molecular weight excluding hydrogens is 418 g/mol. The molecule has 26 heavy (non-hydrogen) atoms. The standard InChI is InChI=1S/C18H20BrN3O3S/c1-12-8-13(2)18(14(3)9-12)26(24,25)21-11-17(23)22-20-10-15-4-6-16(19)7-5-15/h4-10,21H,11H2,1-3H3,(H,22,23)/b20-10-. The van der Waals surface area contributed by atoms with Gasteiger partial charge < -0.3 is 0 Å². The van der Waals surface area contributed by atoms with Crippen LogP contribution in [0.15, 0.2) is 50.9 Å². The van der Waals surface area contributed by atoms with Crippen LogP contribution in [0.2, 0.25) is 0 Å². The zero-order chi connectivity index (χ0) is 19.3. The summed E-state index contributed by atoms with van der Waals surface area (Å²) in [5, 5.41) is 3.82. The van der Waals surface area contributed by atoms with Crippen LogP contribution in [-0.2, 0) is 14.8 Å². The van der Waals surface area contributed by atoms with Crippen LogP contribution in [-0.4, -0.2) is 27.1 Å². The van der Waals surface area contributed by atoms with Gasteiger partial charge in [-0.3, -0.25) is 4.79 Å². The molecule has 0 fully saturated rings. The molecule has 0 spiro atoms. The summed E-state index contributed by atoms with van der Waals surface area (Å²) in [6.07, 6.45) is 1.48. The smallest absolute Gasteiger partial charge is 0.255 e. The molecule has 0 aromatic heterocycles. The Hall–Kier alpha value is -2.03. The Labute approximate surface area is 161 Å². The van der Waals surface area contributed by atoms with E-state index < -0.39 is 22.5 Å². The molecule has 0 aliphatic heterocycles. The molecule has 0 saturated heterocycles. The summed E-state index contributed by atoms with van der Waals surface area (Å²) in [5.74, 6) is -0.552. The molecule has 2 rings (SSSR count). The van der Waals surface area contributed by atoms with Crippen molar-refractivity contribution in [3.05, 3.63) is 63.1 Å². The normalized spacial score (nSPS) is 11.7. The van der Waals surface area contributed by atoms with E-state index in [0.29, 0.717) is 11.1 Å². The second kappa shape index (κ2) is 8.57. The Morgan fingerprint density at radius 3 is 2.27 bits per heavy atom. The number of hydrogen-bond donors (Lipinski definition) is 2. The first-order valence-electron chi connectivity index (χ1n) is 7.84. The maximum absolute atomic E-state index is 12.5. The van der Waals surface area contributed by atoms with Gasteiger partial charge in [0.15, 0.2) is 0 Å². The monoisotopic (exact) mass is 437 g/mol. The number of halogens is 1. The van der Waals surface area contributed by atoms with Gasteiger partial charge in [0.1, 0.15) is 0 Å². The number of amides is 1. The molecule has 0 aliphatic carbocycles. The minimum Gasteiger partial charge on any atom is -0.272 e. The quantitative estimate of drug-likeness (QED) is 0.537. The number of nitrogens with one attached hydrogen (secondary N) is 2. The topological polar surface area (TPSA) is 87.6 Å². The zero-order valence-electron chi connectivity index (χ0n) is 14.7. The predicted octanol–water partition coefficient (Wildman–Crippen LogP) is 2.80. The maximum atomic E-state index is 12.5. The van der Waals surface area contributed by atoms with Crippen LogP contribution in [0.25, 0.3) is 0 Å². The van der Waals surface area contributed by atoms with E-state index in [1.165, 1.54) is 6.21 Å². The molecule has 1 amide bonds. The van der Waals surface area contributed by atoms with Crippen molar-refractivity contribution in [1.29, 1.82) is 0 Å². The average Bonchev–Trinajstić information content (AvgIpc) is 2.53. The second-order valence-electron chi connectivity index (χ2n) is 5.90. The Morgan fingerprint density at radius 2 is 1.69 bits per heavy atom.